The normalized spacial score (nSPS) is 9.00. The van der Waals surface area contributed by atoms with Gasteiger partial charge in [0.2, 0.25) is 5.91 Å². The molecule has 0 atom stereocenters. The minimum absolute atomic E-state index is 0.0127. The first-order valence-corrected chi connectivity index (χ1v) is 4.00. The molecule has 3 nitrogen and oxygen atoms in total. The molecule has 0 aromatic rings. The van der Waals surface area contributed by atoms with E-state index in [0.717, 1.165) is 6.42 Å². The van der Waals surface area contributed by atoms with Gasteiger partial charge in [-0.05, 0) is 6.42 Å². The first-order valence-electron chi connectivity index (χ1n) is 4.00. The van der Waals surface area contributed by atoms with Gasteiger partial charge in [0.1, 0.15) is 0 Å². The average Bonchev–Trinajstić information content (AvgIpc) is 2.06. The largest absolute Gasteiger partial charge is 0.355 e. The lowest BCUT2D eigenvalue weighted by atomic mass is 10.4. The lowest BCUT2D eigenvalue weighted by molar-refractivity contribution is -0.120. The highest BCUT2D eigenvalue weighted by molar-refractivity contribution is 5.77. The van der Waals surface area contributed by atoms with E-state index < -0.39 is 0 Å². The smallest absolute Gasteiger partial charge is 0.233 e. The predicted octanol–water partition coefficient (Wildman–Crippen LogP) is 0.454. The standard InChI is InChI=1S/C9H16N2O/c1-3-5-7-11-9(12)8-10-6-4-2/h3-4,10H,1-2,5-8H2,(H,11,12). The molecular weight excluding hydrogens is 152 g/mol. The van der Waals surface area contributed by atoms with Crippen molar-refractivity contribution in [1.82, 2.24) is 10.6 Å². The Balaban J connectivity index is 3.21. The zero-order valence-electron chi connectivity index (χ0n) is 7.31. The zero-order valence-corrected chi connectivity index (χ0v) is 7.31. The van der Waals surface area contributed by atoms with Gasteiger partial charge in [-0.15, -0.1) is 13.2 Å². The molecule has 3 heteroatoms. The van der Waals surface area contributed by atoms with Crippen molar-refractivity contribution in [1.29, 1.82) is 0 Å². The molecule has 0 saturated heterocycles. The summed E-state index contributed by atoms with van der Waals surface area (Å²) < 4.78 is 0. The first-order chi connectivity index (χ1) is 5.81. The van der Waals surface area contributed by atoms with E-state index in [9.17, 15) is 4.79 Å². The van der Waals surface area contributed by atoms with Crippen molar-refractivity contribution in [3.05, 3.63) is 25.3 Å². The zero-order chi connectivity index (χ0) is 9.23. The Morgan fingerprint density at radius 2 is 2.08 bits per heavy atom. The fraction of sp³-hybridized carbons (Fsp3) is 0.444. The summed E-state index contributed by atoms with van der Waals surface area (Å²) in [5.41, 5.74) is 0. The van der Waals surface area contributed by atoms with Gasteiger partial charge in [-0.3, -0.25) is 4.79 Å². The Morgan fingerprint density at radius 1 is 1.33 bits per heavy atom. The van der Waals surface area contributed by atoms with Gasteiger partial charge in [0.25, 0.3) is 0 Å². The molecule has 0 aliphatic carbocycles. The Morgan fingerprint density at radius 3 is 2.67 bits per heavy atom. The van der Waals surface area contributed by atoms with Gasteiger partial charge in [0.15, 0.2) is 0 Å². The van der Waals surface area contributed by atoms with Crippen LogP contribution >= 0.6 is 0 Å². The molecule has 0 aromatic heterocycles. The molecule has 0 aromatic carbocycles. The molecule has 0 saturated carbocycles. The summed E-state index contributed by atoms with van der Waals surface area (Å²) in [7, 11) is 0. The van der Waals surface area contributed by atoms with Crippen LogP contribution in [0.25, 0.3) is 0 Å². The molecule has 0 aliphatic heterocycles. The SMILES string of the molecule is C=CCCNC(=O)CNCC=C. The van der Waals surface area contributed by atoms with Crippen molar-refractivity contribution < 1.29 is 4.79 Å². The topological polar surface area (TPSA) is 41.1 Å². The Bertz CT molecular complexity index is 139. The maximum atomic E-state index is 11.0. The van der Waals surface area contributed by atoms with Gasteiger partial charge in [-0.2, -0.15) is 0 Å². The lowest BCUT2D eigenvalue weighted by Crippen LogP contribution is -2.34. The van der Waals surface area contributed by atoms with Crippen LogP contribution in [-0.2, 0) is 4.79 Å². The molecule has 0 unspecified atom stereocenters. The van der Waals surface area contributed by atoms with Crippen molar-refractivity contribution in [2.45, 2.75) is 6.42 Å². The van der Waals surface area contributed by atoms with Crippen LogP contribution in [0.2, 0.25) is 0 Å². The summed E-state index contributed by atoms with van der Waals surface area (Å²) in [5, 5.41) is 5.64. The van der Waals surface area contributed by atoms with E-state index in [1.807, 2.05) is 0 Å². The quantitative estimate of drug-likeness (QED) is 0.428. The van der Waals surface area contributed by atoms with Gasteiger partial charge in [0.05, 0.1) is 6.54 Å². The third-order valence-electron chi connectivity index (χ3n) is 1.24. The minimum atomic E-state index is 0.0127. The van der Waals surface area contributed by atoms with Crippen LogP contribution in [0.3, 0.4) is 0 Å². The van der Waals surface area contributed by atoms with Crippen molar-refractivity contribution in [2.75, 3.05) is 19.6 Å². The highest BCUT2D eigenvalue weighted by Gasteiger charge is 1.96. The Kier molecular flexibility index (Phi) is 7.28. The van der Waals surface area contributed by atoms with E-state index in [1.54, 1.807) is 12.2 Å². The van der Waals surface area contributed by atoms with E-state index in [2.05, 4.69) is 23.8 Å². The van der Waals surface area contributed by atoms with E-state index in [4.69, 9.17) is 0 Å². The molecule has 0 bridgehead atoms. The van der Waals surface area contributed by atoms with Crippen molar-refractivity contribution in [2.24, 2.45) is 0 Å². The van der Waals surface area contributed by atoms with Gasteiger partial charge >= 0.3 is 0 Å². The maximum Gasteiger partial charge on any atom is 0.233 e. The Hall–Kier alpha value is -1.09. The number of amides is 1. The van der Waals surface area contributed by atoms with E-state index in [1.165, 1.54) is 0 Å². The molecule has 0 fully saturated rings. The number of rotatable bonds is 7. The van der Waals surface area contributed by atoms with Gasteiger partial charge < -0.3 is 10.6 Å². The van der Waals surface area contributed by atoms with E-state index in [0.29, 0.717) is 19.6 Å². The number of hydrogen-bond acceptors (Lipinski definition) is 2. The molecule has 0 spiro atoms. The maximum absolute atomic E-state index is 11.0. The average molecular weight is 168 g/mol. The summed E-state index contributed by atoms with van der Waals surface area (Å²) >= 11 is 0. The first kappa shape index (κ1) is 10.9. The minimum Gasteiger partial charge on any atom is -0.355 e. The van der Waals surface area contributed by atoms with Gasteiger partial charge in [0, 0.05) is 13.1 Å². The number of hydrogen-bond donors (Lipinski definition) is 2. The number of nitrogens with one attached hydrogen (secondary N) is 2. The second-order valence-corrected chi connectivity index (χ2v) is 2.35. The Labute approximate surface area is 73.5 Å². The van der Waals surface area contributed by atoms with Crippen LogP contribution in [0.5, 0.6) is 0 Å². The van der Waals surface area contributed by atoms with Crippen molar-refractivity contribution >= 4 is 5.91 Å². The summed E-state index contributed by atoms with van der Waals surface area (Å²) in [4.78, 5) is 11.0. The fourth-order valence-corrected chi connectivity index (χ4v) is 0.664. The van der Waals surface area contributed by atoms with Crippen LogP contribution < -0.4 is 10.6 Å². The monoisotopic (exact) mass is 168 g/mol. The van der Waals surface area contributed by atoms with Crippen LogP contribution in [0.4, 0.5) is 0 Å². The third-order valence-corrected chi connectivity index (χ3v) is 1.24. The summed E-state index contributed by atoms with van der Waals surface area (Å²) in [6, 6.07) is 0. The highest BCUT2D eigenvalue weighted by Crippen LogP contribution is 1.74. The summed E-state index contributed by atoms with van der Waals surface area (Å²) in [6.07, 6.45) is 4.31. The van der Waals surface area contributed by atoms with E-state index in [-0.39, 0.29) is 5.91 Å². The second-order valence-electron chi connectivity index (χ2n) is 2.35. The van der Waals surface area contributed by atoms with Gasteiger partial charge in [-0.25, -0.2) is 0 Å². The predicted molar refractivity (Wildman–Crippen MR) is 50.9 cm³/mol. The highest BCUT2D eigenvalue weighted by atomic mass is 16.1. The lowest BCUT2D eigenvalue weighted by Gasteiger charge is -2.02. The van der Waals surface area contributed by atoms with Crippen molar-refractivity contribution in [3.63, 3.8) is 0 Å². The molecule has 1 amide bonds. The molecule has 0 aliphatic rings. The van der Waals surface area contributed by atoms with Gasteiger partial charge in [-0.1, -0.05) is 12.2 Å². The van der Waals surface area contributed by atoms with E-state index >= 15 is 0 Å². The van der Waals surface area contributed by atoms with Crippen molar-refractivity contribution in [3.8, 4) is 0 Å². The molecule has 0 rings (SSSR count). The summed E-state index contributed by atoms with van der Waals surface area (Å²) in [6.45, 7) is 8.75. The molecule has 12 heavy (non-hydrogen) atoms. The molecular formula is C9H16N2O. The molecule has 0 heterocycles. The fourth-order valence-electron chi connectivity index (χ4n) is 0.664. The molecule has 68 valence electrons. The van der Waals surface area contributed by atoms with Crippen LogP contribution in [-0.4, -0.2) is 25.5 Å². The number of carbonyl (C=O) groups is 1. The second kappa shape index (κ2) is 8.01. The van der Waals surface area contributed by atoms with Crippen LogP contribution in [0.1, 0.15) is 6.42 Å². The molecule has 0 radical (unpaired) electrons. The third kappa shape index (κ3) is 7.02. The van der Waals surface area contributed by atoms with Crippen LogP contribution in [0.15, 0.2) is 25.3 Å². The number of carbonyl (C=O) groups excluding carboxylic acids is 1. The molecule has 2 N–H and O–H groups in total. The summed E-state index contributed by atoms with van der Waals surface area (Å²) in [5.74, 6) is 0.0127. The van der Waals surface area contributed by atoms with Crippen LogP contribution in [0, 0.1) is 0 Å².